The van der Waals surface area contributed by atoms with Crippen LogP contribution in [0.1, 0.15) is 5.69 Å². The fraction of sp³-hybridized carbons (Fsp3) is 0.300. The molecule has 9 nitrogen and oxygen atoms in total. The number of aryl methyl sites for hydroxylation is 1. The fourth-order valence-corrected chi connectivity index (χ4v) is 3.36. The minimum absolute atomic E-state index is 0. The average molecular weight is 520 g/mol. The van der Waals surface area contributed by atoms with Gasteiger partial charge >= 0.3 is 0 Å². The standard InChI is InChI=1S/C20H24N8O.HI/c1-21-20(22-12-16-8-9-28(24-16)17-6-4-3-5-7-17)26-10-11-27(19(29)15-26)18-13-23-25(2)14-18;/h3-9,13-14H,10-12,15H2,1-2H3,(H,21,22);1H. The normalized spacial score (nSPS) is 14.6. The molecule has 0 saturated carbocycles. The molecule has 1 N–H and O–H groups in total. The van der Waals surface area contributed by atoms with Gasteiger partial charge in [0.2, 0.25) is 5.91 Å². The predicted molar refractivity (Wildman–Crippen MR) is 126 cm³/mol. The Bertz CT molecular complexity index is 1010. The third-order valence-electron chi connectivity index (χ3n) is 4.83. The summed E-state index contributed by atoms with van der Waals surface area (Å²) in [7, 11) is 3.57. The van der Waals surface area contributed by atoms with E-state index in [0.717, 1.165) is 17.1 Å². The number of para-hydroxylation sites is 1. The van der Waals surface area contributed by atoms with E-state index in [9.17, 15) is 4.79 Å². The van der Waals surface area contributed by atoms with Crippen LogP contribution in [0, 0.1) is 0 Å². The first kappa shape index (κ1) is 21.8. The highest BCUT2D eigenvalue weighted by Crippen LogP contribution is 2.16. The van der Waals surface area contributed by atoms with Crippen molar-refractivity contribution in [2.24, 2.45) is 12.0 Å². The van der Waals surface area contributed by atoms with Crippen molar-refractivity contribution in [3.8, 4) is 5.69 Å². The number of benzene rings is 1. The number of aromatic nitrogens is 4. The lowest BCUT2D eigenvalue weighted by molar-refractivity contribution is -0.120. The third kappa shape index (κ3) is 4.81. The van der Waals surface area contributed by atoms with Crippen LogP contribution in [0.5, 0.6) is 0 Å². The summed E-state index contributed by atoms with van der Waals surface area (Å²) in [6.07, 6.45) is 5.50. The zero-order chi connectivity index (χ0) is 20.2. The van der Waals surface area contributed by atoms with Crippen molar-refractivity contribution in [2.45, 2.75) is 6.54 Å². The maximum Gasteiger partial charge on any atom is 0.246 e. The number of carbonyl (C=O) groups is 1. The van der Waals surface area contributed by atoms with Crippen molar-refractivity contribution in [3.05, 3.63) is 60.7 Å². The second kappa shape index (κ2) is 9.74. The number of amides is 1. The van der Waals surface area contributed by atoms with Gasteiger partial charge < -0.3 is 15.1 Å². The molecule has 0 unspecified atom stereocenters. The number of aliphatic imine (C=N–C) groups is 1. The van der Waals surface area contributed by atoms with Crippen LogP contribution in [0.15, 0.2) is 60.0 Å². The zero-order valence-electron chi connectivity index (χ0n) is 17.0. The lowest BCUT2D eigenvalue weighted by atomic mass is 10.3. The summed E-state index contributed by atoms with van der Waals surface area (Å²) < 4.78 is 3.54. The Hall–Kier alpha value is -2.89. The monoisotopic (exact) mass is 520 g/mol. The molecule has 0 radical (unpaired) electrons. The van der Waals surface area contributed by atoms with Crippen LogP contribution in [-0.2, 0) is 18.4 Å². The molecule has 1 aliphatic rings. The van der Waals surface area contributed by atoms with Crippen molar-refractivity contribution in [1.29, 1.82) is 0 Å². The molecule has 1 fully saturated rings. The van der Waals surface area contributed by atoms with Gasteiger partial charge in [-0.15, -0.1) is 24.0 Å². The van der Waals surface area contributed by atoms with Gasteiger partial charge in [-0.05, 0) is 18.2 Å². The molecule has 3 aromatic rings. The molecule has 30 heavy (non-hydrogen) atoms. The van der Waals surface area contributed by atoms with Gasteiger partial charge in [0.15, 0.2) is 5.96 Å². The first-order valence-corrected chi connectivity index (χ1v) is 9.48. The van der Waals surface area contributed by atoms with Crippen LogP contribution in [0.3, 0.4) is 0 Å². The number of anilines is 1. The second-order valence-corrected chi connectivity index (χ2v) is 6.83. The van der Waals surface area contributed by atoms with E-state index >= 15 is 0 Å². The van der Waals surface area contributed by atoms with Gasteiger partial charge in [0.1, 0.15) is 6.54 Å². The minimum Gasteiger partial charge on any atom is -0.351 e. The second-order valence-electron chi connectivity index (χ2n) is 6.83. The van der Waals surface area contributed by atoms with Crippen LogP contribution in [-0.4, -0.2) is 63.0 Å². The van der Waals surface area contributed by atoms with Gasteiger partial charge in [-0.25, -0.2) is 4.68 Å². The molecule has 0 aliphatic carbocycles. The van der Waals surface area contributed by atoms with Crippen LogP contribution in [0.25, 0.3) is 5.69 Å². The number of hydrogen-bond acceptors (Lipinski definition) is 4. The van der Waals surface area contributed by atoms with E-state index in [1.54, 1.807) is 22.8 Å². The topological polar surface area (TPSA) is 83.6 Å². The molecule has 3 heterocycles. The first-order chi connectivity index (χ1) is 14.1. The van der Waals surface area contributed by atoms with Crippen molar-refractivity contribution in [2.75, 3.05) is 31.6 Å². The lowest BCUT2D eigenvalue weighted by Gasteiger charge is -2.35. The van der Waals surface area contributed by atoms with Gasteiger partial charge in [-0.2, -0.15) is 10.2 Å². The molecule has 1 aliphatic heterocycles. The Balaban J connectivity index is 0.00000256. The maximum absolute atomic E-state index is 12.6. The molecular weight excluding hydrogens is 495 g/mol. The van der Waals surface area contributed by atoms with E-state index < -0.39 is 0 Å². The Kier molecular flexibility index (Phi) is 7.08. The van der Waals surface area contributed by atoms with E-state index in [0.29, 0.717) is 25.6 Å². The molecular formula is C20H25IN8O. The van der Waals surface area contributed by atoms with Gasteiger partial charge in [0.25, 0.3) is 0 Å². The van der Waals surface area contributed by atoms with Gasteiger partial charge in [0.05, 0.1) is 29.8 Å². The van der Waals surface area contributed by atoms with Crippen molar-refractivity contribution in [1.82, 2.24) is 29.8 Å². The molecule has 158 valence electrons. The highest BCUT2D eigenvalue weighted by atomic mass is 127. The smallest absolute Gasteiger partial charge is 0.246 e. The molecule has 1 saturated heterocycles. The predicted octanol–water partition coefficient (Wildman–Crippen LogP) is 1.65. The number of halogens is 1. The third-order valence-corrected chi connectivity index (χ3v) is 4.83. The highest BCUT2D eigenvalue weighted by Gasteiger charge is 2.27. The Morgan fingerprint density at radius 1 is 1.17 bits per heavy atom. The molecule has 0 atom stereocenters. The zero-order valence-corrected chi connectivity index (χ0v) is 19.3. The van der Waals surface area contributed by atoms with Crippen LogP contribution in [0.2, 0.25) is 0 Å². The van der Waals surface area contributed by atoms with Crippen molar-refractivity contribution < 1.29 is 4.79 Å². The molecule has 1 aromatic carbocycles. The number of rotatable bonds is 4. The van der Waals surface area contributed by atoms with Crippen molar-refractivity contribution in [3.63, 3.8) is 0 Å². The molecule has 4 rings (SSSR count). The maximum atomic E-state index is 12.6. The van der Waals surface area contributed by atoms with E-state index in [4.69, 9.17) is 0 Å². The quantitative estimate of drug-likeness (QED) is 0.322. The summed E-state index contributed by atoms with van der Waals surface area (Å²) in [4.78, 5) is 20.7. The summed E-state index contributed by atoms with van der Waals surface area (Å²) in [5.74, 6) is 0.721. The molecule has 2 aromatic heterocycles. The Labute approximate surface area is 192 Å². The number of nitrogens with zero attached hydrogens (tertiary/aromatic N) is 7. The molecule has 10 heteroatoms. The average Bonchev–Trinajstić information content (AvgIpc) is 3.38. The molecule has 1 amide bonds. The van der Waals surface area contributed by atoms with Crippen molar-refractivity contribution >= 4 is 41.5 Å². The van der Waals surface area contributed by atoms with Gasteiger partial charge in [-0.1, -0.05) is 18.2 Å². The fourth-order valence-electron chi connectivity index (χ4n) is 3.36. The van der Waals surface area contributed by atoms with E-state index in [1.165, 1.54) is 0 Å². The number of hydrogen-bond donors (Lipinski definition) is 1. The summed E-state index contributed by atoms with van der Waals surface area (Å²) in [5, 5.41) is 12.1. The lowest BCUT2D eigenvalue weighted by Crippen LogP contribution is -2.55. The summed E-state index contributed by atoms with van der Waals surface area (Å²) in [6.45, 7) is 2.09. The number of nitrogens with one attached hydrogen (secondary N) is 1. The number of guanidine groups is 1. The molecule has 0 spiro atoms. The summed E-state index contributed by atoms with van der Waals surface area (Å²) >= 11 is 0. The van der Waals surface area contributed by atoms with Crippen LogP contribution in [0.4, 0.5) is 5.69 Å². The minimum atomic E-state index is 0. The first-order valence-electron chi connectivity index (χ1n) is 9.48. The van der Waals surface area contributed by atoms with Gasteiger partial charge in [0, 0.05) is 39.6 Å². The Morgan fingerprint density at radius 2 is 1.97 bits per heavy atom. The summed E-state index contributed by atoms with van der Waals surface area (Å²) in [6, 6.07) is 11.9. The largest absolute Gasteiger partial charge is 0.351 e. The highest BCUT2D eigenvalue weighted by molar-refractivity contribution is 14.0. The van der Waals surface area contributed by atoms with E-state index in [1.807, 2.05) is 65.4 Å². The van der Waals surface area contributed by atoms with Crippen LogP contribution >= 0.6 is 24.0 Å². The van der Waals surface area contributed by atoms with E-state index in [-0.39, 0.29) is 36.4 Å². The molecule has 0 bridgehead atoms. The van der Waals surface area contributed by atoms with Crippen LogP contribution < -0.4 is 10.2 Å². The number of carbonyl (C=O) groups excluding carboxylic acids is 1. The van der Waals surface area contributed by atoms with E-state index in [2.05, 4.69) is 20.5 Å². The summed E-state index contributed by atoms with van der Waals surface area (Å²) in [5.41, 5.74) is 2.74. The van der Waals surface area contributed by atoms with Gasteiger partial charge in [-0.3, -0.25) is 14.5 Å². The SMILES string of the molecule is CN=C(NCc1ccn(-c2ccccc2)n1)N1CCN(c2cnn(C)c2)C(=O)C1.I. The number of piperazine rings is 1. The Morgan fingerprint density at radius 3 is 2.63 bits per heavy atom.